The molecule has 0 bridgehead atoms. The van der Waals surface area contributed by atoms with E-state index in [1.807, 2.05) is 17.8 Å². The Hall–Kier alpha value is -3.31. The Labute approximate surface area is 248 Å². The summed E-state index contributed by atoms with van der Waals surface area (Å²) in [7, 11) is 1.65. The number of carbonyl (C=O) groups is 2. The summed E-state index contributed by atoms with van der Waals surface area (Å²) in [5, 5.41) is 23.8. The summed E-state index contributed by atoms with van der Waals surface area (Å²) in [5.41, 5.74) is 1.67. The van der Waals surface area contributed by atoms with Crippen LogP contribution in [0.5, 0.6) is 0 Å². The molecule has 42 heavy (non-hydrogen) atoms. The van der Waals surface area contributed by atoms with Crippen molar-refractivity contribution in [1.82, 2.24) is 24.8 Å². The van der Waals surface area contributed by atoms with E-state index in [0.29, 0.717) is 19.3 Å². The number of hydrogen-bond acceptors (Lipinski definition) is 7. The van der Waals surface area contributed by atoms with Gasteiger partial charge in [-0.15, -0.1) is 17.7 Å². The molecule has 7 rings (SSSR count). The van der Waals surface area contributed by atoms with Crippen LogP contribution in [0.25, 0.3) is 11.8 Å². The lowest BCUT2D eigenvalue weighted by Gasteiger charge is -2.60. The standard InChI is InChI=1S/C31H34FN5O4S/c1-29-13-17-15-33-37(20-7-5-19(32)6-8-20)24(17)12-18(29)4-9-21-22-10-11-31(28(40)42,30(22,2)14-25(38)26(21)29)41-27(39)23-16-36(3)35-34-23/h5-8,12,15-16,21-22,25-26,38H,4,9-11,13-14H2,1-3H3,(H,40,42)/t21-,22-,25-,26+,29-,30-,31-/m0/s1. The first-order valence-corrected chi connectivity index (χ1v) is 15.0. The molecule has 9 nitrogen and oxygen atoms in total. The highest BCUT2D eigenvalue weighted by molar-refractivity contribution is 7.96. The number of hydrogen-bond donors (Lipinski definition) is 2. The Bertz CT molecular complexity index is 1630. The number of halogens is 1. The molecule has 11 heteroatoms. The van der Waals surface area contributed by atoms with Crippen molar-refractivity contribution in [2.45, 2.75) is 64.1 Å². The number of allylic oxidation sites excluding steroid dienone is 1. The fraction of sp³-hybridized carbons (Fsp3) is 0.516. The van der Waals surface area contributed by atoms with Gasteiger partial charge in [0.1, 0.15) is 5.82 Å². The van der Waals surface area contributed by atoms with E-state index >= 15 is 0 Å². The molecule has 2 aromatic heterocycles. The Morgan fingerprint density at radius 2 is 1.95 bits per heavy atom. The van der Waals surface area contributed by atoms with Crippen LogP contribution in [0.3, 0.4) is 0 Å². The van der Waals surface area contributed by atoms with Crippen molar-refractivity contribution in [2.24, 2.45) is 35.6 Å². The SMILES string of the molecule is Cn1cc(C(=O)O[C@]2(C(=O)S)CC[C@H]3[C@@H]4CCC5=Cc6c(cnn6-c6ccc(F)cc6)C[C@]5(C)[C@H]4[C@@H](O)C[C@@]32C)nn1. The Kier molecular flexibility index (Phi) is 6.12. The number of ether oxygens (including phenoxy) is 1. The summed E-state index contributed by atoms with van der Waals surface area (Å²) in [6.45, 7) is 4.24. The molecular formula is C31H34FN5O4S. The number of thiol groups is 1. The van der Waals surface area contributed by atoms with Gasteiger partial charge in [0.25, 0.3) is 0 Å². The molecule has 7 atom stereocenters. The number of esters is 1. The van der Waals surface area contributed by atoms with E-state index in [1.54, 1.807) is 19.2 Å². The smallest absolute Gasteiger partial charge is 0.361 e. The van der Waals surface area contributed by atoms with Crippen LogP contribution in [0.15, 0.2) is 42.2 Å². The van der Waals surface area contributed by atoms with Gasteiger partial charge in [-0.05, 0) is 97.6 Å². The number of benzene rings is 1. The van der Waals surface area contributed by atoms with Gasteiger partial charge in [0.15, 0.2) is 11.3 Å². The van der Waals surface area contributed by atoms with Crippen LogP contribution in [0.4, 0.5) is 4.39 Å². The third-order valence-corrected chi connectivity index (χ3v) is 11.4. The molecule has 3 fully saturated rings. The number of nitrogens with zero attached hydrogens (tertiary/aromatic N) is 5. The third kappa shape index (κ3) is 3.75. The lowest BCUT2D eigenvalue weighted by Crippen LogP contribution is -2.62. The monoisotopic (exact) mass is 591 g/mol. The zero-order chi connectivity index (χ0) is 29.6. The van der Waals surface area contributed by atoms with Gasteiger partial charge < -0.3 is 9.84 Å². The first kappa shape index (κ1) is 27.5. The number of rotatable bonds is 4. The van der Waals surface area contributed by atoms with Crippen molar-refractivity contribution in [3.63, 3.8) is 0 Å². The van der Waals surface area contributed by atoms with Crippen LogP contribution >= 0.6 is 12.6 Å². The van der Waals surface area contributed by atoms with Crippen molar-refractivity contribution in [3.8, 4) is 5.69 Å². The second kappa shape index (κ2) is 9.34. The number of aliphatic hydroxyl groups is 1. The Morgan fingerprint density at radius 3 is 2.64 bits per heavy atom. The second-order valence-electron chi connectivity index (χ2n) is 13.1. The molecule has 0 amide bonds. The first-order chi connectivity index (χ1) is 20.0. The minimum Gasteiger partial charge on any atom is -0.445 e. The summed E-state index contributed by atoms with van der Waals surface area (Å²) in [5.74, 6) is -0.818. The lowest BCUT2D eigenvalue weighted by molar-refractivity contribution is -0.174. The lowest BCUT2D eigenvalue weighted by atomic mass is 9.45. The molecule has 0 aliphatic heterocycles. The van der Waals surface area contributed by atoms with Gasteiger partial charge in [-0.2, -0.15) is 5.10 Å². The maximum atomic E-state index is 13.6. The van der Waals surface area contributed by atoms with Crippen LogP contribution in [-0.4, -0.2) is 52.7 Å². The summed E-state index contributed by atoms with van der Waals surface area (Å²) < 4.78 is 22.9. The highest BCUT2D eigenvalue weighted by atomic mass is 32.1. The van der Waals surface area contributed by atoms with E-state index in [2.05, 4.69) is 41.0 Å². The number of aliphatic hydroxyl groups excluding tert-OH is 1. The number of carbonyl (C=O) groups excluding carboxylic acids is 2. The average Bonchev–Trinajstić information content (AvgIpc) is 3.63. The quantitative estimate of drug-likeness (QED) is 0.343. The zero-order valence-electron chi connectivity index (χ0n) is 23.8. The Balaban J connectivity index is 1.22. The van der Waals surface area contributed by atoms with Gasteiger partial charge in [0, 0.05) is 12.5 Å². The van der Waals surface area contributed by atoms with E-state index in [4.69, 9.17) is 4.74 Å². The van der Waals surface area contributed by atoms with E-state index in [9.17, 15) is 19.1 Å². The minimum absolute atomic E-state index is 0.0283. The molecule has 0 radical (unpaired) electrons. The van der Waals surface area contributed by atoms with Gasteiger partial charge in [0.05, 0.1) is 29.9 Å². The van der Waals surface area contributed by atoms with Gasteiger partial charge in [-0.1, -0.05) is 24.6 Å². The highest BCUT2D eigenvalue weighted by Gasteiger charge is 2.70. The molecule has 0 unspecified atom stereocenters. The summed E-state index contributed by atoms with van der Waals surface area (Å²) in [6, 6.07) is 6.32. The molecule has 1 aromatic carbocycles. The van der Waals surface area contributed by atoms with E-state index in [1.165, 1.54) is 28.6 Å². The summed E-state index contributed by atoms with van der Waals surface area (Å²) in [6.07, 6.45) is 8.67. The van der Waals surface area contributed by atoms with Crippen molar-refractivity contribution in [1.29, 1.82) is 0 Å². The molecule has 4 aliphatic carbocycles. The first-order valence-electron chi connectivity index (χ1n) is 14.5. The van der Waals surface area contributed by atoms with Crippen molar-refractivity contribution in [3.05, 3.63) is 65.0 Å². The van der Waals surface area contributed by atoms with Gasteiger partial charge in [-0.25, -0.2) is 13.9 Å². The summed E-state index contributed by atoms with van der Waals surface area (Å²) >= 11 is 4.27. The zero-order valence-corrected chi connectivity index (χ0v) is 24.7. The van der Waals surface area contributed by atoms with Gasteiger partial charge in [-0.3, -0.25) is 9.48 Å². The van der Waals surface area contributed by atoms with Crippen LogP contribution < -0.4 is 0 Å². The third-order valence-electron chi connectivity index (χ3n) is 11.0. The predicted octanol–water partition coefficient (Wildman–Crippen LogP) is 4.35. The molecule has 3 saturated carbocycles. The average molecular weight is 592 g/mol. The van der Waals surface area contributed by atoms with E-state index < -0.39 is 28.2 Å². The van der Waals surface area contributed by atoms with Crippen molar-refractivity contribution < 1.29 is 23.8 Å². The normalized spacial score (nSPS) is 35.0. The number of aromatic nitrogens is 5. The Morgan fingerprint density at radius 1 is 1.19 bits per heavy atom. The van der Waals surface area contributed by atoms with Crippen LogP contribution in [-0.2, 0) is 23.0 Å². The van der Waals surface area contributed by atoms with Crippen molar-refractivity contribution in [2.75, 3.05) is 0 Å². The van der Waals surface area contributed by atoms with E-state index in [-0.39, 0.29) is 34.7 Å². The molecule has 220 valence electrons. The molecule has 1 N–H and O–H groups in total. The highest BCUT2D eigenvalue weighted by Crippen LogP contribution is 2.68. The number of fused-ring (bicyclic) bond motifs is 6. The van der Waals surface area contributed by atoms with Gasteiger partial charge >= 0.3 is 5.97 Å². The molecule has 2 heterocycles. The molecule has 4 aliphatic rings. The van der Waals surface area contributed by atoms with E-state index in [0.717, 1.165) is 36.2 Å². The molecular weight excluding hydrogens is 557 g/mol. The molecule has 0 saturated heterocycles. The summed E-state index contributed by atoms with van der Waals surface area (Å²) in [4.78, 5) is 26.4. The maximum absolute atomic E-state index is 13.6. The maximum Gasteiger partial charge on any atom is 0.361 e. The largest absolute Gasteiger partial charge is 0.445 e. The van der Waals surface area contributed by atoms with Crippen LogP contribution in [0.1, 0.15) is 67.7 Å². The van der Waals surface area contributed by atoms with Crippen LogP contribution in [0.2, 0.25) is 0 Å². The topological polar surface area (TPSA) is 112 Å². The number of aryl methyl sites for hydroxylation is 1. The van der Waals surface area contributed by atoms with Gasteiger partial charge in [0.2, 0.25) is 5.12 Å². The molecule has 0 spiro atoms. The fourth-order valence-electron chi connectivity index (χ4n) is 9.17. The van der Waals surface area contributed by atoms with Crippen molar-refractivity contribution >= 4 is 29.8 Å². The van der Waals surface area contributed by atoms with Crippen LogP contribution in [0, 0.1) is 34.4 Å². The molecule has 3 aromatic rings. The fourth-order valence-corrected chi connectivity index (χ4v) is 9.59. The second-order valence-corrected chi connectivity index (χ2v) is 13.5. The minimum atomic E-state index is -1.46. The predicted molar refractivity (Wildman–Crippen MR) is 154 cm³/mol.